The summed E-state index contributed by atoms with van der Waals surface area (Å²) in [5.74, 6) is -1.80. The van der Waals surface area contributed by atoms with Crippen molar-refractivity contribution >= 4 is 11.9 Å². The second-order valence-corrected chi connectivity index (χ2v) is 3.59. The highest BCUT2D eigenvalue weighted by Gasteiger charge is 2.17. The van der Waals surface area contributed by atoms with E-state index in [4.69, 9.17) is 0 Å². The molecule has 94 valence electrons. The van der Waals surface area contributed by atoms with Crippen LogP contribution in [0.2, 0.25) is 0 Å². The molecule has 0 bridgehead atoms. The molecule has 0 aromatic carbocycles. The Morgan fingerprint density at radius 1 is 1.44 bits per heavy atom. The molecule has 7 heteroatoms. The van der Waals surface area contributed by atoms with Crippen LogP contribution in [0.5, 0.6) is 0 Å². The van der Waals surface area contributed by atoms with E-state index in [-0.39, 0.29) is 0 Å². The first-order chi connectivity index (χ1) is 7.49. The zero-order valence-corrected chi connectivity index (χ0v) is 9.53. The number of hydroxylamine groups is 1. The van der Waals surface area contributed by atoms with E-state index in [0.29, 0.717) is 6.42 Å². The maximum atomic E-state index is 11.3. The van der Waals surface area contributed by atoms with Crippen molar-refractivity contribution < 1.29 is 31.0 Å². The maximum Gasteiger partial charge on any atom is 0.301 e. The van der Waals surface area contributed by atoms with Gasteiger partial charge < -0.3 is 21.4 Å². The number of hydrogen-bond acceptors (Lipinski definition) is 4. The van der Waals surface area contributed by atoms with Gasteiger partial charge in [0.05, 0.1) is 12.5 Å². The third-order valence-electron chi connectivity index (χ3n) is 2.09. The normalized spacial score (nSPS) is 14.2. The first-order valence-electron chi connectivity index (χ1n) is 5.27. The molecule has 7 nitrogen and oxygen atoms in total. The van der Waals surface area contributed by atoms with Gasteiger partial charge in [0.2, 0.25) is 0 Å². The van der Waals surface area contributed by atoms with Crippen LogP contribution in [-0.4, -0.2) is 30.6 Å². The van der Waals surface area contributed by atoms with Gasteiger partial charge >= 0.3 is 5.91 Å². The third kappa shape index (κ3) is 6.33. The van der Waals surface area contributed by atoms with Crippen LogP contribution in [0.1, 0.15) is 26.2 Å². The van der Waals surface area contributed by atoms with Gasteiger partial charge in [-0.1, -0.05) is 0 Å². The van der Waals surface area contributed by atoms with Crippen molar-refractivity contribution in [1.29, 1.82) is 0 Å². The zero-order chi connectivity index (χ0) is 12.6. The average molecular weight is 234 g/mol. The average Bonchev–Trinajstić information content (AvgIpc) is 2.25. The van der Waals surface area contributed by atoms with E-state index in [1.54, 1.807) is 0 Å². The predicted octanol–water partition coefficient (Wildman–Crippen LogP) is -3.80. The van der Waals surface area contributed by atoms with Gasteiger partial charge in [-0.05, 0) is 19.8 Å². The van der Waals surface area contributed by atoms with Crippen molar-refractivity contribution in [2.75, 3.05) is 6.54 Å². The minimum atomic E-state index is -1.38. The highest BCUT2D eigenvalue weighted by Crippen LogP contribution is 1.96. The number of nitrogens with one attached hydrogen (secondary N) is 1. The van der Waals surface area contributed by atoms with Crippen molar-refractivity contribution in [1.82, 2.24) is 5.48 Å². The fraction of sp³-hybridized carbons (Fsp3) is 0.778. The molecule has 0 heterocycles. The van der Waals surface area contributed by atoms with Crippen molar-refractivity contribution in [3.05, 3.63) is 0 Å². The quantitative estimate of drug-likeness (QED) is 0.293. The second-order valence-electron chi connectivity index (χ2n) is 3.59. The summed E-state index contributed by atoms with van der Waals surface area (Å²) in [7, 11) is 0. The third-order valence-corrected chi connectivity index (χ3v) is 2.09. The molecule has 0 saturated heterocycles. The highest BCUT2D eigenvalue weighted by molar-refractivity contribution is 5.79. The van der Waals surface area contributed by atoms with E-state index in [0.717, 1.165) is 19.4 Å². The Hall–Kier alpha value is -1.18. The lowest BCUT2D eigenvalue weighted by atomic mass is 10.1. The zero-order valence-electron chi connectivity index (χ0n) is 9.53. The van der Waals surface area contributed by atoms with Gasteiger partial charge in [-0.3, -0.25) is 9.63 Å². The minimum absolute atomic E-state index is 0.419. The molecule has 0 fully saturated rings. The molecule has 2 atom stereocenters. The molecule has 0 rings (SSSR count). The van der Waals surface area contributed by atoms with Gasteiger partial charge in [0, 0.05) is 6.42 Å². The van der Waals surface area contributed by atoms with Crippen LogP contribution in [-0.2, 0) is 14.4 Å². The lowest BCUT2D eigenvalue weighted by Gasteiger charge is -2.14. The molecule has 1 amide bonds. The Kier molecular flexibility index (Phi) is 7.44. The van der Waals surface area contributed by atoms with E-state index < -0.39 is 24.0 Å². The lowest BCUT2D eigenvalue weighted by Crippen LogP contribution is -2.67. The summed E-state index contributed by atoms with van der Waals surface area (Å²) in [6.07, 6.45) is 1.26. The van der Waals surface area contributed by atoms with Gasteiger partial charge in [-0.25, -0.2) is 5.48 Å². The number of amides is 1. The number of carboxylic acid groups (broad SMARTS) is 1. The van der Waals surface area contributed by atoms with E-state index in [2.05, 4.69) is 21.8 Å². The molecule has 7 N–H and O–H groups in total. The van der Waals surface area contributed by atoms with Crippen LogP contribution in [0.25, 0.3) is 0 Å². The fourth-order valence-electron chi connectivity index (χ4n) is 0.977. The lowest BCUT2D eigenvalue weighted by molar-refractivity contribution is -0.407. The topological polar surface area (TPSA) is 134 Å². The number of rotatable bonds is 8. The van der Waals surface area contributed by atoms with Gasteiger partial charge in [0.25, 0.3) is 0 Å². The Bertz CT molecular complexity index is 235. The number of quaternary nitrogens is 2. The summed E-state index contributed by atoms with van der Waals surface area (Å²) in [5.41, 5.74) is 9.40. The number of carbonyl (C=O) groups is 2. The van der Waals surface area contributed by atoms with Crippen molar-refractivity contribution in [3.63, 3.8) is 0 Å². The molecular weight excluding hydrogens is 214 g/mol. The van der Waals surface area contributed by atoms with Crippen LogP contribution in [0.4, 0.5) is 0 Å². The molecule has 0 saturated carbocycles. The van der Waals surface area contributed by atoms with Crippen LogP contribution >= 0.6 is 0 Å². The molecule has 0 aliphatic rings. The molecule has 0 radical (unpaired) electrons. The molecule has 1 unspecified atom stereocenters. The van der Waals surface area contributed by atoms with Gasteiger partial charge in [0.1, 0.15) is 6.10 Å². The Balaban J connectivity index is 3.74. The van der Waals surface area contributed by atoms with E-state index in [9.17, 15) is 14.7 Å². The second kappa shape index (κ2) is 8.03. The van der Waals surface area contributed by atoms with Crippen molar-refractivity contribution in [3.8, 4) is 0 Å². The molecule has 0 aliphatic heterocycles. The van der Waals surface area contributed by atoms with Crippen LogP contribution in [0.3, 0.4) is 0 Å². The first-order valence-corrected chi connectivity index (χ1v) is 5.27. The molecule has 0 aliphatic carbocycles. The first kappa shape index (κ1) is 14.8. The smallest absolute Gasteiger partial charge is 0.301 e. The molecule has 0 aromatic rings. The van der Waals surface area contributed by atoms with Gasteiger partial charge in [-0.15, -0.1) is 0 Å². The molecular formula is C9H20N3O4+. The summed E-state index contributed by atoms with van der Waals surface area (Å²) in [5, 5.41) is 10.3. The van der Waals surface area contributed by atoms with Gasteiger partial charge in [-0.2, -0.15) is 0 Å². The number of carbonyl (C=O) groups excluding carboxylic acids is 2. The largest absolute Gasteiger partial charge is 0.547 e. The summed E-state index contributed by atoms with van der Waals surface area (Å²) < 4.78 is 0. The number of carboxylic acids is 1. The van der Waals surface area contributed by atoms with Crippen LogP contribution < -0.4 is 22.1 Å². The summed E-state index contributed by atoms with van der Waals surface area (Å²) in [6, 6.07) is -0.444. The van der Waals surface area contributed by atoms with E-state index in [1.807, 2.05) is 0 Å². The van der Waals surface area contributed by atoms with Crippen LogP contribution in [0.15, 0.2) is 0 Å². The number of unbranched alkanes of at least 4 members (excludes halogenated alkanes) is 1. The fourth-order valence-corrected chi connectivity index (χ4v) is 0.977. The Labute approximate surface area is 94.1 Å². The predicted molar refractivity (Wildman–Crippen MR) is 52.0 cm³/mol. The van der Waals surface area contributed by atoms with E-state index in [1.165, 1.54) is 6.92 Å². The number of aliphatic carboxylic acids is 1. The maximum absolute atomic E-state index is 11.3. The van der Waals surface area contributed by atoms with Gasteiger partial charge in [0.15, 0.2) is 6.04 Å². The summed E-state index contributed by atoms with van der Waals surface area (Å²) >= 11 is 0. The Morgan fingerprint density at radius 2 is 2.06 bits per heavy atom. The minimum Gasteiger partial charge on any atom is -0.547 e. The summed E-state index contributed by atoms with van der Waals surface area (Å²) in [4.78, 5) is 26.2. The van der Waals surface area contributed by atoms with Crippen molar-refractivity contribution in [2.45, 2.75) is 38.3 Å². The molecule has 0 aromatic heterocycles. The molecule has 16 heavy (non-hydrogen) atoms. The SMILES string of the molecule is CC(ONC(=O)[C@@H]([NH3+])CCCC[NH3+])C(=O)[O-]. The Morgan fingerprint density at radius 3 is 2.56 bits per heavy atom. The van der Waals surface area contributed by atoms with Crippen molar-refractivity contribution in [2.24, 2.45) is 0 Å². The number of hydrogen-bond donors (Lipinski definition) is 3. The highest BCUT2D eigenvalue weighted by atomic mass is 16.7. The van der Waals surface area contributed by atoms with E-state index >= 15 is 0 Å². The summed E-state index contributed by atoms with van der Waals surface area (Å²) in [6.45, 7) is 2.10. The van der Waals surface area contributed by atoms with Crippen LogP contribution in [0, 0.1) is 0 Å². The monoisotopic (exact) mass is 234 g/mol. The standard InChI is InChI=1S/C9H19N3O4/c1-6(9(14)15)16-12-8(13)7(11)4-2-3-5-10/h6-7H,2-5,10-11H2,1H3,(H,12,13)(H,14,15)/p+1/t6?,7-/m0/s1. The molecule has 0 spiro atoms.